The van der Waals surface area contributed by atoms with Gasteiger partial charge in [-0.25, -0.2) is 0 Å². The molecule has 1 aliphatic rings. The van der Waals surface area contributed by atoms with Crippen LogP contribution in [0.4, 0.5) is 5.69 Å². The summed E-state index contributed by atoms with van der Waals surface area (Å²) >= 11 is 16.8. The summed E-state index contributed by atoms with van der Waals surface area (Å²) < 4.78 is -0.334. The molecule has 0 aromatic heterocycles. The minimum atomic E-state index is -0.610. The molecule has 0 spiro atoms. The number of rotatable bonds is 2. The van der Waals surface area contributed by atoms with E-state index in [1.807, 2.05) is 25.1 Å². The zero-order valence-electron chi connectivity index (χ0n) is 9.13. The molecule has 2 rings (SSSR count). The Labute approximate surface area is 118 Å². The van der Waals surface area contributed by atoms with Gasteiger partial charge in [-0.1, -0.05) is 46.4 Å². The number of anilines is 1. The summed E-state index contributed by atoms with van der Waals surface area (Å²) in [5.74, 6) is 0. The number of allylic oxidation sites excluding steroid dienone is 1. The van der Waals surface area contributed by atoms with Crippen molar-refractivity contribution in [3.8, 4) is 0 Å². The maximum absolute atomic E-state index is 11.0. The van der Waals surface area contributed by atoms with Gasteiger partial charge in [-0.15, -0.1) is 0 Å². The van der Waals surface area contributed by atoms with Crippen LogP contribution in [-0.4, -0.2) is 4.92 Å². The lowest BCUT2D eigenvalue weighted by molar-refractivity contribution is -0.418. The van der Waals surface area contributed by atoms with Gasteiger partial charge in [0.2, 0.25) is 0 Å². The van der Waals surface area contributed by atoms with Gasteiger partial charge in [0.15, 0.2) is 5.03 Å². The van der Waals surface area contributed by atoms with Crippen molar-refractivity contribution in [1.29, 1.82) is 0 Å². The number of hydrogen-bond acceptors (Lipinski definition) is 3. The van der Waals surface area contributed by atoms with Crippen LogP contribution in [0, 0.1) is 17.0 Å². The molecule has 18 heavy (non-hydrogen) atoms. The van der Waals surface area contributed by atoms with Gasteiger partial charge in [0.1, 0.15) is 10.2 Å². The van der Waals surface area contributed by atoms with Gasteiger partial charge in [-0.05, 0) is 19.1 Å². The molecule has 0 atom stereocenters. The molecule has 0 saturated carbocycles. The standard InChI is InChI=1S/C11H7Cl3N2O2/c1-5-2-3-7-6(4-5)9(15-7)10(16(17)18)8(12)11(13)14/h2-4,15H,1H3. The van der Waals surface area contributed by atoms with Crippen molar-refractivity contribution in [2.75, 3.05) is 5.32 Å². The van der Waals surface area contributed by atoms with E-state index in [2.05, 4.69) is 5.32 Å². The van der Waals surface area contributed by atoms with Crippen molar-refractivity contribution in [3.63, 3.8) is 0 Å². The molecule has 0 bridgehead atoms. The van der Waals surface area contributed by atoms with Crippen LogP contribution in [0.1, 0.15) is 11.1 Å². The van der Waals surface area contributed by atoms with Gasteiger partial charge >= 0.3 is 5.70 Å². The number of nitrogens with one attached hydrogen (secondary N) is 1. The lowest BCUT2D eigenvalue weighted by Gasteiger charge is -2.25. The molecular weight excluding hydrogens is 298 g/mol. The lowest BCUT2D eigenvalue weighted by Crippen LogP contribution is -2.18. The Kier molecular flexibility index (Phi) is 3.52. The van der Waals surface area contributed by atoms with Gasteiger partial charge < -0.3 is 5.32 Å². The second kappa shape index (κ2) is 4.80. The fourth-order valence-corrected chi connectivity index (χ4v) is 2.01. The fraction of sp³-hybridized carbons (Fsp3) is 0.0909. The highest BCUT2D eigenvalue weighted by molar-refractivity contribution is 6.60. The van der Waals surface area contributed by atoms with Crippen molar-refractivity contribution >= 4 is 46.2 Å². The molecular formula is C11H7Cl3N2O2. The first-order valence-electron chi connectivity index (χ1n) is 4.89. The van der Waals surface area contributed by atoms with Crippen LogP contribution in [0.5, 0.6) is 0 Å². The highest BCUT2D eigenvalue weighted by Gasteiger charge is 2.32. The van der Waals surface area contributed by atoms with Crippen molar-refractivity contribution in [3.05, 3.63) is 54.7 Å². The second-order valence-electron chi connectivity index (χ2n) is 3.73. The third kappa shape index (κ3) is 2.19. The molecule has 0 radical (unpaired) electrons. The maximum atomic E-state index is 11.0. The van der Waals surface area contributed by atoms with Gasteiger partial charge in [-0.3, -0.25) is 10.1 Å². The summed E-state index contributed by atoms with van der Waals surface area (Å²) in [5.41, 5.74) is 2.53. The van der Waals surface area contributed by atoms with Crippen LogP contribution in [-0.2, 0) is 0 Å². The van der Waals surface area contributed by atoms with Crippen LogP contribution in [0.25, 0.3) is 5.70 Å². The summed E-state index contributed by atoms with van der Waals surface area (Å²) in [5, 5.41) is 13.6. The lowest BCUT2D eigenvalue weighted by atomic mass is 9.98. The van der Waals surface area contributed by atoms with Gasteiger partial charge in [0, 0.05) is 11.3 Å². The average molecular weight is 306 g/mol. The summed E-state index contributed by atoms with van der Waals surface area (Å²) in [6.07, 6.45) is 0. The molecule has 0 amide bonds. The molecule has 1 aromatic carbocycles. The predicted octanol–water partition coefficient (Wildman–Crippen LogP) is 4.25. The van der Waals surface area contributed by atoms with Crippen molar-refractivity contribution in [2.45, 2.75) is 6.92 Å². The number of nitro groups is 1. The summed E-state index contributed by atoms with van der Waals surface area (Å²) in [4.78, 5) is 10.4. The zero-order chi connectivity index (χ0) is 13.4. The second-order valence-corrected chi connectivity index (χ2v) is 5.06. The zero-order valence-corrected chi connectivity index (χ0v) is 11.4. The van der Waals surface area contributed by atoms with E-state index in [-0.39, 0.29) is 15.2 Å². The number of aryl methyl sites for hydroxylation is 1. The maximum Gasteiger partial charge on any atom is 0.314 e. The predicted molar refractivity (Wildman–Crippen MR) is 73.3 cm³/mol. The summed E-state index contributed by atoms with van der Waals surface area (Å²) in [7, 11) is 0. The van der Waals surface area contributed by atoms with E-state index < -0.39 is 4.92 Å². The van der Waals surface area contributed by atoms with E-state index in [1.54, 1.807) is 0 Å². The molecule has 0 fully saturated rings. The summed E-state index contributed by atoms with van der Waals surface area (Å²) in [6.45, 7) is 1.90. The van der Waals surface area contributed by atoms with Crippen molar-refractivity contribution in [1.82, 2.24) is 0 Å². The van der Waals surface area contributed by atoms with E-state index in [0.29, 0.717) is 5.70 Å². The van der Waals surface area contributed by atoms with Gasteiger partial charge in [0.25, 0.3) is 0 Å². The molecule has 1 N–H and O–H groups in total. The van der Waals surface area contributed by atoms with Crippen LogP contribution >= 0.6 is 34.8 Å². The van der Waals surface area contributed by atoms with Crippen molar-refractivity contribution in [2.24, 2.45) is 0 Å². The van der Waals surface area contributed by atoms with Gasteiger partial charge in [0.05, 0.1) is 4.92 Å². The minimum absolute atomic E-state index is 0.280. The summed E-state index contributed by atoms with van der Waals surface area (Å²) in [6, 6.07) is 5.57. The minimum Gasteiger partial charge on any atom is -0.349 e. The highest BCUT2D eigenvalue weighted by Crippen LogP contribution is 2.41. The monoisotopic (exact) mass is 304 g/mol. The topological polar surface area (TPSA) is 55.2 Å². The van der Waals surface area contributed by atoms with E-state index in [4.69, 9.17) is 34.8 Å². The Morgan fingerprint density at radius 1 is 1.33 bits per heavy atom. The Bertz CT molecular complexity index is 604. The first-order valence-corrected chi connectivity index (χ1v) is 6.03. The molecule has 0 aliphatic carbocycles. The molecule has 7 heteroatoms. The van der Waals surface area contributed by atoms with E-state index >= 15 is 0 Å². The van der Waals surface area contributed by atoms with E-state index in [1.165, 1.54) is 0 Å². The normalized spacial score (nSPS) is 15.1. The SMILES string of the molecule is Cc1ccc2c(c1)C(=C(C(Cl)=C(Cl)Cl)[N+](=O)[O-])N2. The van der Waals surface area contributed by atoms with E-state index in [0.717, 1.165) is 16.8 Å². The van der Waals surface area contributed by atoms with Gasteiger partial charge in [-0.2, -0.15) is 0 Å². The molecule has 1 aromatic rings. The van der Waals surface area contributed by atoms with Crippen LogP contribution in [0.15, 0.2) is 33.4 Å². The van der Waals surface area contributed by atoms with Crippen LogP contribution in [0.3, 0.4) is 0 Å². The first kappa shape index (κ1) is 13.2. The number of hydrogen-bond donors (Lipinski definition) is 1. The smallest absolute Gasteiger partial charge is 0.314 e. The number of halogens is 3. The fourth-order valence-electron chi connectivity index (χ4n) is 1.67. The molecule has 0 saturated heterocycles. The highest BCUT2D eigenvalue weighted by atomic mass is 35.5. The number of benzene rings is 1. The Balaban J connectivity index is 2.61. The Morgan fingerprint density at radius 3 is 2.56 bits per heavy atom. The third-order valence-electron chi connectivity index (χ3n) is 2.50. The number of fused-ring (bicyclic) bond motifs is 1. The third-order valence-corrected chi connectivity index (χ3v) is 3.44. The average Bonchev–Trinajstić information content (AvgIpc) is 2.27. The van der Waals surface area contributed by atoms with E-state index in [9.17, 15) is 10.1 Å². The first-order chi connectivity index (χ1) is 8.41. The molecule has 1 heterocycles. The largest absolute Gasteiger partial charge is 0.349 e. The van der Waals surface area contributed by atoms with Crippen molar-refractivity contribution < 1.29 is 4.92 Å². The van der Waals surface area contributed by atoms with Crippen LogP contribution in [0.2, 0.25) is 0 Å². The Morgan fingerprint density at radius 2 is 2.00 bits per heavy atom. The Hall–Kier alpha value is -1.23. The molecule has 0 unspecified atom stereocenters. The van der Waals surface area contributed by atoms with Crippen LogP contribution < -0.4 is 5.32 Å². The number of nitrogens with zero attached hydrogens (tertiary/aromatic N) is 1. The quantitative estimate of drug-likeness (QED) is 0.656. The molecule has 94 valence electrons. The molecule has 4 nitrogen and oxygen atoms in total. The molecule has 1 aliphatic heterocycles.